The molecule has 1 atom stereocenters. The number of rotatable bonds is 2. The minimum atomic E-state index is -0.674. The normalized spacial score (nSPS) is 20.5. The standard InChI is InChI=1S/C11H13BrN2O3/c12-7-5-8(14-6-7)11(16)17-9-3-1-2-4-13-10(9)15/h5-6,9,14H,1-4H2,(H,13,15). The van der Waals surface area contributed by atoms with Crippen LogP contribution in [0.4, 0.5) is 0 Å². The van der Waals surface area contributed by atoms with Crippen molar-refractivity contribution in [2.75, 3.05) is 6.54 Å². The van der Waals surface area contributed by atoms with Gasteiger partial charge in [0.25, 0.3) is 5.91 Å². The number of aromatic amines is 1. The number of esters is 1. The summed E-state index contributed by atoms with van der Waals surface area (Å²) in [5.74, 6) is -0.709. The van der Waals surface area contributed by atoms with Crippen molar-refractivity contribution < 1.29 is 14.3 Å². The Morgan fingerprint density at radius 1 is 1.47 bits per heavy atom. The van der Waals surface area contributed by atoms with E-state index in [4.69, 9.17) is 4.74 Å². The molecule has 2 N–H and O–H groups in total. The number of ether oxygens (including phenoxy) is 1. The average Bonchev–Trinajstić information content (AvgIpc) is 2.63. The molecule has 1 saturated heterocycles. The Kier molecular flexibility index (Phi) is 3.83. The molecule has 6 heteroatoms. The maximum Gasteiger partial charge on any atom is 0.355 e. The van der Waals surface area contributed by atoms with Gasteiger partial charge in [-0.15, -0.1) is 0 Å². The molecular formula is C11H13BrN2O3. The minimum Gasteiger partial charge on any atom is -0.448 e. The second-order valence-corrected chi connectivity index (χ2v) is 4.83. The van der Waals surface area contributed by atoms with Crippen LogP contribution in [0, 0.1) is 0 Å². The summed E-state index contributed by atoms with van der Waals surface area (Å²) in [6, 6.07) is 1.62. The summed E-state index contributed by atoms with van der Waals surface area (Å²) in [7, 11) is 0. The lowest BCUT2D eigenvalue weighted by Gasteiger charge is -2.13. The number of amides is 1. The SMILES string of the molecule is O=C(OC1CCCCNC1=O)c1cc(Br)c[nH]1. The lowest BCUT2D eigenvalue weighted by molar-refractivity contribution is -0.129. The summed E-state index contributed by atoms with van der Waals surface area (Å²) in [4.78, 5) is 26.1. The molecule has 0 saturated carbocycles. The Morgan fingerprint density at radius 3 is 3.00 bits per heavy atom. The minimum absolute atomic E-state index is 0.207. The van der Waals surface area contributed by atoms with Crippen molar-refractivity contribution in [1.29, 1.82) is 0 Å². The van der Waals surface area contributed by atoms with E-state index in [0.29, 0.717) is 18.7 Å². The summed E-state index contributed by atoms with van der Waals surface area (Å²) in [5, 5.41) is 2.72. The van der Waals surface area contributed by atoms with Crippen LogP contribution in [0.5, 0.6) is 0 Å². The molecule has 2 rings (SSSR count). The Labute approximate surface area is 107 Å². The van der Waals surface area contributed by atoms with Gasteiger partial charge in [0, 0.05) is 17.2 Å². The molecule has 0 aliphatic carbocycles. The van der Waals surface area contributed by atoms with Crippen molar-refractivity contribution in [2.24, 2.45) is 0 Å². The van der Waals surface area contributed by atoms with Crippen LogP contribution in [0.3, 0.4) is 0 Å². The fraction of sp³-hybridized carbons (Fsp3) is 0.455. The van der Waals surface area contributed by atoms with Crippen LogP contribution in [0.1, 0.15) is 29.8 Å². The highest BCUT2D eigenvalue weighted by atomic mass is 79.9. The second-order valence-electron chi connectivity index (χ2n) is 3.91. The topological polar surface area (TPSA) is 71.2 Å². The fourth-order valence-electron chi connectivity index (χ4n) is 1.70. The number of H-pyrrole nitrogens is 1. The number of halogens is 1. The van der Waals surface area contributed by atoms with Gasteiger partial charge in [-0.1, -0.05) is 0 Å². The van der Waals surface area contributed by atoms with Gasteiger partial charge in [-0.3, -0.25) is 4.79 Å². The molecular weight excluding hydrogens is 288 g/mol. The molecule has 5 nitrogen and oxygen atoms in total. The van der Waals surface area contributed by atoms with Crippen LogP contribution < -0.4 is 5.32 Å². The van der Waals surface area contributed by atoms with E-state index in [0.717, 1.165) is 17.3 Å². The molecule has 17 heavy (non-hydrogen) atoms. The van der Waals surface area contributed by atoms with Crippen LogP contribution in [-0.2, 0) is 9.53 Å². The van der Waals surface area contributed by atoms with Crippen LogP contribution in [0.2, 0.25) is 0 Å². The van der Waals surface area contributed by atoms with E-state index in [2.05, 4.69) is 26.2 Å². The maximum atomic E-state index is 11.7. The highest BCUT2D eigenvalue weighted by molar-refractivity contribution is 9.10. The largest absolute Gasteiger partial charge is 0.448 e. The molecule has 1 unspecified atom stereocenters. The highest BCUT2D eigenvalue weighted by Crippen LogP contribution is 2.14. The Bertz CT molecular complexity index is 430. The number of aromatic nitrogens is 1. The smallest absolute Gasteiger partial charge is 0.355 e. The number of carbonyl (C=O) groups excluding carboxylic acids is 2. The van der Waals surface area contributed by atoms with Crippen molar-refractivity contribution in [3.05, 3.63) is 22.4 Å². The van der Waals surface area contributed by atoms with Gasteiger partial charge in [0.15, 0.2) is 6.10 Å². The summed E-state index contributed by atoms with van der Waals surface area (Å²) >= 11 is 3.23. The number of carbonyl (C=O) groups is 2. The molecule has 2 heterocycles. The molecule has 0 bridgehead atoms. The predicted octanol–water partition coefficient (Wildman–Crippen LogP) is 1.60. The molecule has 0 aromatic carbocycles. The van der Waals surface area contributed by atoms with Crippen LogP contribution in [0.15, 0.2) is 16.7 Å². The van der Waals surface area contributed by atoms with Crippen molar-refractivity contribution in [1.82, 2.24) is 10.3 Å². The molecule has 0 spiro atoms. The average molecular weight is 301 g/mol. The van der Waals surface area contributed by atoms with Crippen LogP contribution in [0.25, 0.3) is 0 Å². The van der Waals surface area contributed by atoms with Crippen LogP contribution in [-0.4, -0.2) is 29.5 Å². The molecule has 92 valence electrons. The third kappa shape index (κ3) is 3.09. The van der Waals surface area contributed by atoms with E-state index in [1.165, 1.54) is 0 Å². The fourth-order valence-corrected chi connectivity index (χ4v) is 2.05. The Hall–Kier alpha value is -1.30. The summed E-state index contributed by atoms with van der Waals surface area (Å²) in [5.41, 5.74) is 0.342. The zero-order valence-corrected chi connectivity index (χ0v) is 10.7. The first-order chi connectivity index (χ1) is 8.16. The quantitative estimate of drug-likeness (QED) is 0.815. The summed E-state index contributed by atoms with van der Waals surface area (Å²) in [6.07, 6.45) is 3.36. The van der Waals surface area contributed by atoms with Crippen molar-refractivity contribution >= 4 is 27.8 Å². The maximum absolute atomic E-state index is 11.7. The highest BCUT2D eigenvalue weighted by Gasteiger charge is 2.25. The molecule has 1 aliphatic rings. The molecule has 1 aliphatic heterocycles. The summed E-state index contributed by atoms with van der Waals surface area (Å²) in [6.45, 7) is 0.654. The van der Waals surface area contributed by atoms with E-state index < -0.39 is 12.1 Å². The number of nitrogens with one attached hydrogen (secondary N) is 2. The van der Waals surface area contributed by atoms with Gasteiger partial charge in [0.2, 0.25) is 0 Å². The van der Waals surface area contributed by atoms with Gasteiger partial charge in [-0.25, -0.2) is 4.79 Å². The van der Waals surface area contributed by atoms with Gasteiger partial charge in [0.1, 0.15) is 5.69 Å². The monoisotopic (exact) mass is 300 g/mol. The lowest BCUT2D eigenvalue weighted by atomic mass is 10.2. The van der Waals surface area contributed by atoms with E-state index in [9.17, 15) is 9.59 Å². The molecule has 1 amide bonds. The van der Waals surface area contributed by atoms with Gasteiger partial charge in [-0.2, -0.15) is 0 Å². The van der Waals surface area contributed by atoms with Crippen molar-refractivity contribution in [3.8, 4) is 0 Å². The van der Waals surface area contributed by atoms with Crippen molar-refractivity contribution in [2.45, 2.75) is 25.4 Å². The van der Waals surface area contributed by atoms with Gasteiger partial charge in [0.05, 0.1) is 0 Å². The zero-order valence-electron chi connectivity index (χ0n) is 9.16. The molecule has 0 radical (unpaired) electrons. The van der Waals surface area contributed by atoms with Gasteiger partial charge >= 0.3 is 5.97 Å². The van der Waals surface area contributed by atoms with Gasteiger partial charge < -0.3 is 15.0 Å². The van der Waals surface area contributed by atoms with Gasteiger partial charge in [-0.05, 0) is 41.3 Å². The van der Waals surface area contributed by atoms with Crippen LogP contribution >= 0.6 is 15.9 Å². The first-order valence-electron chi connectivity index (χ1n) is 5.49. The van der Waals surface area contributed by atoms with Crippen molar-refractivity contribution in [3.63, 3.8) is 0 Å². The third-order valence-corrected chi connectivity index (χ3v) is 3.06. The number of hydrogen-bond acceptors (Lipinski definition) is 3. The molecule has 1 fully saturated rings. The van der Waals surface area contributed by atoms with E-state index >= 15 is 0 Å². The molecule has 1 aromatic rings. The molecule has 1 aromatic heterocycles. The predicted molar refractivity (Wildman–Crippen MR) is 64.6 cm³/mol. The van der Waals surface area contributed by atoms with E-state index in [-0.39, 0.29) is 5.91 Å². The second kappa shape index (κ2) is 5.35. The first-order valence-corrected chi connectivity index (χ1v) is 6.29. The summed E-state index contributed by atoms with van der Waals surface area (Å²) < 4.78 is 5.95. The Balaban J connectivity index is 1.99. The first kappa shape index (κ1) is 12.2. The zero-order chi connectivity index (χ0) is 12.3. The van der Waals surface area contributed by atoms with E-state index in [1.807, 2.05) is 0 Å². The number of hydrogen-bond donors (Lipinski definition) is 2. The Morgan fingerprint density at radius 2 is 2.29 bits per heavy atom. The lowest BCUT2D eigenvalue weighted by Crippen LogP contribution is -2.36. The third-order valence-electron chi connectivity index (χ3n) is 2.60. The van der Waals surface area contributed by atoms with E-state index in [1.54, 1.807) is 12.3 Å².